The van der Waals surface area contributed by atoms with E-state index in [4.69, 9.17) is 34.0 Å². The third-order valence-electron chi connectivity index (χ3n) is 1.76. The van der Waals surface area contributed by atoms with Gasteiger partial charge in [-0.25, -0.2) is 0 Å². The average molecular weight is 234 g/mol. The summed E-state index contributed by atoms with van der Waals surface area (Å²) in [6, 6.07) is 3.92. The van der Waals surface area contributed by atoms with Crippen molar-refractivity contribution in [2.75, 3.05) is 0 Å². The minimum absolute atomic E-state index is 0.175. The van der Waals surface area contributed by atoms with Crippen LogP contribution < -0.4 is 5.73 Å². The van der Waals surface area contributed by atoms with E-state index in [1.54, 1.807) is 18.2 Å². The van der Waals surface area contributed by atoms with Crippen LogP contribution in [0.4, 0.5) is 0 Å². The molecule has 0 saturated heterocycles. The molecule has 0 radical (unpaired) electrons. The van der Waals surface area contributed by atoms with Crippen molar-refractivity contribution in [2.24, 2.45) is 5.73 Å². The molecule has 0 aromatic heterocycles. The molecule has 3 N–H and O–H groups in total. The van der Waals surface area contributed by atoms with E-state index in [2.05, 4.69) is 0 Å². The number of carbonyl (C=O) groups is 1. The molecular weight excluding hydrogens is 225 g/mol. The third kappa shape index (κ3) is 2.87. The molecule has 1 atom stereocenters. The molecule has 0 aliphatic carbocycles. The zero-order valence-corrected chi connectivity index (χ0v) is 8.72. The highest BCUT2D eigenvalue weighted by molar-refractivity contribution is 6.33. The lowest BCUT2D eigenvalue weighted by atomic mass is 10.1. The summed E-state index contributed by atoms with van der Waals surface area (Å²) in [5.74, 6) is -1.05. The summed E-state index contributed by atoms with van der Waals surface area (Å²) in [6.45, 7) is 0. The van der Waals surface area contributed by atoms with E-state index >= 15 is 0 Å². The molecule has 0 aliphatic heterocycles. The average Bonchev–Trinajstić information content (AvgIpc) is 2.11. The van der Waals surface area contributed by atoms with Gasteiger partial charge in [-0.1, -0.05) is 23.2 Å². The van der Waals surface area contributed by atoms with Crippen molar-refractivity contribution < 1.29 is 9.90 Å². The fraction of sp³-hybridized carbons (Fsp3) is 0.222. The molecule has 0 bridgehead atoms. The Morgan fingerprint density at radius 2 is 2.14 bits per heavy atom. The standard InChI is InChI=1S/C9H9Cl2NO2/c10-6-1-2-7(11)5(3-6)4-8(12)9(13)14/h1-3,8H,4,12H2,(H,13,14)/t8-/m0/s1. The molecule has 0 saturated carbocycles. The maximum atomic E-state index is 10.5. The van der Waals surface area contributed by atoms with Crippen molar-refractivity contribution >= 4 is 29.2 Å². The number of carboxylic acid groups (broad SMARTS) is 1. The van der Waals surface area contributed by atoms with Crippen LogP contribution in [0.15, 0.2) is 18.2 Å². The fourth-order valence-electron chi connectivity index (χ4n) is 1.02. The molecule has 1 rings (SSSR count). The Bertz CT molecular complexity index is 355. The molecule has 5 heteroatoms. The first-order valence-corrected chi connectivity index (χ1v) is 4.68. The summed E-state index contributed by atoms with van der Waals surface area (Å²) in [5, 5.41) is 9.60. The van der Waals surface area contributed by atoms with Gasteiger partial charge in [0.25, 0.3) is 0 Å². The lowest BCUT2D eigenvalue weighted by Gasteiger charge is -2.08. The molecule has 0 heterocycles. The predicted octanol–water partition coefficient (Wildman–Crippen LogP) is 1.95. The number of benzene rings is 1. The molecule has 1 aromatic rings. The van der Waals surface area contributed by atoms with Crippen molar-refractivity contribution in [3.63, 3.8) is 0 Å². The van der Waals surface area contributed by atoms with Crippen LogP contribution in [0.3, 0.4) is 0 Å². The van der Waals surface area contributed by atoms with Gasteiger partial charge >= 0.3 is 5.97 Å². The number of rotatable bonds is 3. The molecule has 0 unspecified atom stereocenters. The fourth-order valence-corrected chi connectivity index (χ4v) is 1.41. The number of hydrogen-bond acceptors (Lipinski definition) is 2. The van der Waals surface area contributed by atoms with Gasteiger partial charge in [0.1, 0.15) is 6.04 Å². The first-order valence-electron chi connectivity index (χ1n) is 3.93. The quantitative estimate of drug-likeness (QED) is 0.839. The summed E-state index contributed by atoms with van der Waals surface area (Å²) in [7, 11) is 0. The maximum Gasteiger partial charge on any atom is 0.320 e. The lowest BCUT2D eigenvalue weighted by Crippen LogP contribution is -2.32. The van der Waals surface area contributed by atoms with E-state index in [1.165, 1.54) is 0 Å². The molecule has 0 spiro atoms. The van der Waals surface area contributed by atoms with Gasteiger partial charge in [-0.2, -0.15) is 0 Å². The Hall–Kier alpha value is -0.770. The Kier molecular flexibility index (Phi) is 3.75. The van der Waals surface area contributed by atoms with E-state index in [1.807, 2.05) is 0 Å². The van der Waals surface area contributed by atoms with Gasteiger partial charge in [0.2, 0.25) is 0 Å². The summed E-state index contributed by atoms with van der Waals surface area (Å²) >= 11 is 11.6. The van der Waals surface area contributed by atoms with Crippen LogP contribution in [0.5, 0.6) is 0 Å². The van der Waals surface area contributed by atoms with Crippen molar-refractivity contribution in [3.05, 3.63) is 33.8 Å². The Morgan fingerprint density at radius 1 is 1.50 bits per heavy atom. The monoisotopic (exact) mass is 233 g/mol. The second kappa shape index (κ2) is 4.64. The number of aliphatic carboxylic acids is 1. The molecule has 3 nitrogen and oxygen atoms in total. The van der Waals surface area contributed by atoms with Gasteiger partial charge in [0.15, 0.2) is 0 Å². The summed E-state index contributed by atoms with van der Waals surface area (Å²) in [5.41, 5.74) is 6.01. The zero-order valence-electron chi connectivity index (χ0n) is 7.21. The van der Waals surface area contributed by atoms with Crippen LogP contribution in [-0.2, 0) is 11.2 Å². The lowest BCUT2D eigenvalue weighted by molar-refractivity contribution is -0.138. The molecular formula is C9H9Cl2NO2. The van der Waals surface area contributed by atoms with Crippen LogP contribution in [0.2, 0.25) is 10.0 Å². The Labute approximate surface area is 91.4 Å². The highest BCUT2D eigenvalue weighted by Gasteiger charge is 2.14. The summed E-state index contributed by atoms with van der Waals surface area (Å²) < 4.78 is 0. The summed E-state index contributed by atoms with van der Waals surface area (Å²) in [4.78, 5) is 10.5. The molecule has 14 heavy (non-hydrogen) atoms. The summed E-state index contributed by atoms with van der Waals surface area (Å²) in [6.07, 6.45) is 0.175. The van der Waals surface area contributed by atoms with E-state index in [0.717, 1.165) is 0 Å². The minimum Gasteiger partial charge on any atom is -0.480 e. The van der Waals surface area contributed by atoms with Crippen molar-refractivity contribution in [3.8, 4) is 0 Å². The number of hydrogen-bond donors (Lipinski definition) is 2. The SMILES string of the molecule is N[C@@H](Cc1cc(Cl)ccc1Cl)C(=O)O. The van der Waals surface area contributed by atoms with Crippen LogP contribution in [0.1, 0.15) is 5.56 Å². The first-order chi connectivity index (χ1) is 6.50. The van der Waals surface area contributed by atoms with E-state index in [-0.39, 0.29) is 6.42 Å². The van der Waals surface area contributed by atoms with Gasteiger partial charge in [0.05, 0.1) is 0 Å². The van der Waals surface area contributed by atoms with E-state index in [9.17, 15) is 4.79 Å². The minimum atomic E-state index is -1.05. The number of nitrogens with two attached hydrogens (primary N) is 1. The first kappa shape index (κ1) is 11.3. The van der Waals surface area contributed by atoms with E-state index < -0.39 is 12.0 Å². The van der Waals surface area contributed by atoms with Crippen molar-refractivity contribution in [1.82, 2.24) is 0 Å². The van der Waals surface area contributed by atoms with Crippen molar-refractivity contribution in [1.29, 1.82) is 0 Å². The molecule has 0 aliphatic rings. The predicted molar refractivity (Wildman–Crippen MR) is 55.8 cm³/mol. The maximum absolute atomic E-state index is 10.5. The molecule has 76 valence electrons. The highest BCUT2D eigenvalue weighted by Crippen LogP contribution is 2.21. The van der Waals surface area contributed by atoms with Crippen LogP contribution in [0, 0.1) is 0 Å². The highest BCUT2D eigenvalue weighted by atomic mass is 35.5. The van der Waals surface area contributed by atoms with Gasteiger partial charge < -0.3 is 10.8 Å². The molecule has 0 amide bonds. The number of carboxylic acids is 1. The normalized spacial score (nSPS) is 12.5. The van der Waals surface area contributed by atoms with Crippen LogP contribution in [-0.4, -0.2) is 17.1 Å². The topological polar surface area (TPSA) is 63.3 Å². The van der Waals surface area contributed by atoms with Gasteiger partial charge in [-0.3, -0.25) is 4.79 Å². The van der Waals surface area contributed by atoms with Gasteiger partial charge in [-0.15, -0.1) is 0 Å². The smallest absolute Gasteiger partial charge is 0.320 e. The zero-order chi connectivity index (χ0) is 10.7. The number of halogens is 2. The Balaban J connectivity index is 2.85. The Morgan fingerprint density at radius 3 is 2.71 bits per heavy atom. The second-order valence-electron chi connectivity index (χ2n) is 2.88. The van der Waals surface area contributed by atoms with Gasteiger partial charge in [0, 0.05) is 10.0 Å². The molecule has 1 aromatic carbocycles. The van der Waals surface area contributed by atoms with Crippen LogP contribution >= 0.6 is 23.2 Å². The largest absolute Gasteiger partial charge is 0.480 e. The molecule has 0 fully saturated rings. The van der Waals surface area contributed by atoms with Crippen LogP contribution in [0.25, 0.3) is 0 Å². The van der Waals surface area contributed by atoms with E-state index in [0.29, 0.717) is 15.6 Å². The van der Waals surface area contributed by atoms with Crippen molar-refractivity contribution in [2.45, 2.75) is 12.5 Å². The third-order valence-corrected chi connectivity index (χ3v) is 2.37. The second-order valence-corrected chi connectivity index (χ2v) is 3.73. The van der Waals surface area contributed by atoms with Gasteiger partial charge in [-0.05, 0) is 30.2 Å².